The molecule has 0 aliphatic carbocycles. The van der Waals surface area contributed by atoms with Crippen LogP contribution in [0.5, 0.6) is 5.75 Å². The van der Waals surface area contributed by atoms with E-state index < -0.39 is 0 Å². The Bertz CT molecular complexity index is 1030. The quantitative estimate of drug-likeness (QED) is 0.455. The van der Waals surface area contributed by atoms with Gasteiger partial charge in [0.2, 0.25) is 0 Å². The minimum absolute atomic E-state index is 0.0866. The number of anilines is 1. The number of ether oxygens (including phenoxy) is 1. The Kier molecular flexibility index (Phi) is 5.55. The van der Waals surface area contributed by atoms with Crippen molar-refractivity contribution in [1.82, 2.24) is 14.8 Å². The van der Waals surface area contributed by atoms with Crippen LogP contribution in [-0.4, -0.2) is 33.8 Å². The van der Waals surface area contributed by atoms with E-state index in [1.165, 1.54) is 11.3 Å². The Morgan fingerprint density at radius 1 is 1.14 bits per heavy atom. The number of thiazole rings is 1. The highest BCUT2D eigenvalue weighted by molar-refractivity contribution is 7.22. The van der Waals surface area contributed by atoms with Gasteiger partial charge >= 0.3 is 0 Å². The number of carbonyl (C=O) groups is 1. The molecular formula is C20H17ClN4O2S. The molecule has 28 heavy (non-hydrogen) atoms. The summed E-state index contributed by atoms with van der Waals surface area (Å²) in [5.74, 6) is 0.426. The zero-order valence-electron chi connectivity index (χ0n) is 14.9. The Morgan fingerprint density at radius 3 is 2.71 bits per heavy atom. The molecule has 0 aliphatic heterocycles. The first-order valence-corrected chi connectivity index (χ1v) is 9.90. The van der Waals surface area contributed by atoms with Crippen molar-refractivity contribution in [3.63, 3.8) is 0 Å². The maximum Gasteiger partial charge on any atom is 0.266 e. The van der Waals surface area contributed by atoms with Crippen LogP contribution in [0.25, 0.3) is 10.2 Å². The summed E-state index contributed by atoms with van der Waals surface area (Å²) in [6.07, 6.45) is 3.58. The maximum absolute atomic E-state index is 12.9. The number of aromatic nitrogens is 3. The Balaban J connectivity index is 1.52. The first kappa shape index (κ1) is 18.5. The second kappa shape index (κ2) is 8.41. The van der Waals surface area contributed by atoms with Gasteiger partial charge in [-0.3, -0.25) is 14.4 Å². The van der Waals surface area contributed by atoms with Gasteiger partial charge < -0.3 is 4.74 Å². The molecule has 0 atom stereocenters. The van der Waals surface area contributed by atoms with Crippen LogP contribution < -0.4 is 9.64 Å². The summed E-state index contributed by atoms with van der Waals surface area (Å²) in [6, 6.07) is 16.6. The number of hydrogen-bond donors (Lipinski definition) is 0. The second-order valence-electron chi connectivity index (χ2n) is 6.02. The predicted octanol–water partition coefficient (Wildman–Crippen LogP) is 4.26. The minimum Gasteiger partial charge on any atom is -0.484 e. The average molecular weight is 413 g/mol. The number of amides is 1. The zero-order chi connectivity index (χ0) is 19.3. The average Bonchev–Trinajstić information content (AvgIpc) is 3.37. The predicted molar refractivity (Wildman–Crippen MR) is 111 cm³/mol. The fourth-order valence-electron chi connectivity index (χ4n) is 2.69. The molecule has 2 aromatic carbocycles. The van der Waals surface area contributed by atoms with E-state index in [4.69, 9.17) is 16.3 Å². The Morgan fingerprint density at radius 2 is 1.96 bits per heavy atom. The van der Waals surface area contributed by atoms with E-state index in [1.807, 2.05) is 36.5 Å². The smallest absolute Gasteiger partial charge is 0.266 e. The fourth-order valence-corrected chi connectivity index (χ4v) is 3.83. The molecule has 0 saturated carbocycles. The van der Waals surface area contributed by atoms with Crippen LogP contribution in [0, 0.1) is 0 Å². The van der Waals surface area contributed by atoms with Crippen LogP contribution in [0.3, 0.4) is 0 Å². The first-order valence-electron chi connectivity index (χ1n) is 8.71. The molecule has 2 heterocycles. The third kappa shape index (κ3) is 4.32. The number of rotatable bonds is 7. The molecule has 0 fully saturated rings. The van der Waals surface area contributed by atoms with Crippen molar-refractivity contribution in [2.24, 2.45) is 0 Å². The normalized spacial score (nSPS) is 10.9. The van der Waals surface area contributed by atoms with Crippen LogP contribution in [0.1, 0.15) is 0 Å². The van der Waals surface area contributed by atoms with E-state index >= 15 is 0 Å². The number of fused-ring (bicyclic) bond motifs is 1. The van der Waals surface area contributed by atoms with E-state index in [-0.39, 0.29) is 12.5 Å². The first-order chi connectivity index (χ1) is 13.7. The van der Waals surface area contributed by atoms with Crippen LogP contribution in [0.15, 0.2) is 67.0 Å². The molecular weight excluding hydrogens is 396 g/mol. The molecule has 6 nitrogen and oxygen atoms in total. The molecule has 2 aromatic heterocycles. The summed E-state index contributed by atoms with van der Waals surface area (Å²) in [5.41, 5.74) is 0.873. The molecule has 4 rings (SSSR count). The van der Waals surface area contributed by atoms with Crippen molar-refractivity contribution in [3.8, 4) is 5.75 Å². The van der Waals surface area contributed by atoms with E-state index in [2.05, 4.69) is 10.1 Å². The van der Waals surface area contributed by atoms with E-state index in [0.717, 1.165) is 10.2 Å². The number of benzene rings is 2. The standard InChI is InChI=1S/C20H17ClN4O2S/c21-15-6-8-16(9-7-15)27-14-19(26)25(13-12-24-11-3-10-22-24)20-23-17-4-1-2-5-18(17)28-20/h1-11H,12-14H2. The van der Waals surface area contributed by atoms with Crippen molar-refractivity contribution in [2.45, 2.75) is 6.54 Å². The van der Waals surface area contributed by atoms with E-state index in [0.29, 0.717) is 29.0 Å². The number of hydrogen-bond acceptors (Lipinski definition) is 5. The molecule has 1 amide bonds. The highest BCUT2D eigenvalue weighted by atomic mass is 35.5. The Hall–Kier alpha value is -2.90. The second-order valence-corrected chi connectivity index (χ2v) is 7.47. The molecule has 0 aliphatic rings. The van der Waals surface area contributed by atoms with Gasteiger partial charge in [0.1, 0.15) is 5.75 Å². The topological polar surface area (TPSA) is 60.2 Å². The van der Waals surface area contributed by atoms with Crippen molar-refractivity contribution in [3.05, 3.63) is 72.0 Å². The summed E-state index contributed by atoms with van der Waals surface area (Å²) in [6.45, 7) is 0.927. The molecule has 0 N–H and O–H groups in total. The third-order valence-electron chi connectivity index (χ3n) is 4.10. The molecule has 0 unspecified atom stereocenters. The zero-order valence-corrected chi connectivity index (χ0v) is 16.4. The monoisotopic (exact) mass is 412 g/mol. The van der Waals surface area contributed by atoms with Gasteiger partial charge in [-0.1, -0.05) is 35.1 Å². The summed E-state index contributed by atoms with van der Waals surface area (Å²) >= 11 is 7.37. The largest absolute Gasteiger partial charge is 0.484 e. The van der Waals surface area contributed by atoms with Crippen molar-refractivity contribution >= 4 is 44.2 Å². The van der Waals surface area contributed by atoms with Crippen molar-refractivity contribution in [1.29, 1.82) is 0 Å². The van der Waals surface area contributed by atoms with Gasteiger partial charge in [0.05, 0.1) is 16.8 Å². The van der Waals surface area contributed by atoms with Crippen molar-refractivity contribution < 1.29 is 9.53 Å². The van der Waals surface area contributed by atoms with Gasteiger partial charge in [0.25, 0.3) is 5.91 Å². The van der Waals surface area contributed by atoms with Gasteiger partial charge in [-0.25, -0.2) is 4.98 Å². The lowest BCUT2D eigenvalue weighted by Crippen LogP contribution is -2.37. The van der Waals surface area contributed by atoms with E-state index in [1.54, 1.807) is 40.0 Å². The lowest BCUT2D eigenvalue weighted by atomic mass is 10.3. The van der Waals surface area contributed by atoms with Gasteiger partial charge in [-0.2, -0.15) is 5.10 Å². The molecule has 8 heteroatoms. The summed E-state index contributed by atoms with van der Waals surface area (Å²) < 4.78 is 8.46. The number of halogens is 1. The van der Waals surface area contributed by atoms with E-state index in [9.17, 15) is 4.79 Å². The van der Waals surface area contributed by atoms with Crippen molar-refractivity contribution in [2.75, 3.05) is 18.1 Å². The molecule has 0 spiro atoms. The summed E-state index contributed by atoms with van der Waals surface area (Å²) in [4.78, 5) is 19.2. The van der Waals surface area contributed by atoms with Crippen LogP contribution in [0.2, 0.25) is 5.02 Å². The third-order valence-corrected chi connectivity index (χ3v) is 5.41. The molecule has 4 aromatic rings. The van der Waals surface area contributed by atoms with Crippen LogP contribution in [0.4, 0.5) is 5.13 Å². The highest BCUT2D eigenvalue weighted by Crippen LogP contribution is 2.28. The number of nitrogens with zero attached hydrogens (tertiary/aromatic N) is 4. The van der Waals surface area contributed by atoms with Gasteiger partial charge in [0, 0.05) is 24.0 Å². The number of para-hydroxylation sites is 1. The van der Waals surface area contributed by atoms with Gasteiger partial charge in [0.15, 0.2) is 11.7 Å². The lowest BCUT2D eigenvalue weighted by molar-refractivity contribution is -0.120. The van der Waals surface area contributed by atoms with Gasteiger partial charge in [-0.15, -0.1) is 0 Å². The molecule has 0 radical (unpaired) electrons. The molecule has 0 saturated heterocycles. The van der Waals surface area contributed by atoms with Crippen LogP contribution in [-0.2, 0) is 11.3 Å². The molecule has 142 valence electrons. The summed E-state index contributed by atoms with van der Waals surface area (Å²) in [7, 11) is 0. The number of carbonyl (C=O) groups excluding carboxylic acids is 1. The van der Waals surface area contributed by atoms with Crippen LogP contribution >= 0.6 is 22.9 Å². The Labute approximate surface area is 170 Å². The highest BCUT2D eigenvalue weighted by Gasteiger charge is 2.20. The maximum atomic E-state index is 12.9. The fraction of sp³-hybridized carbons (Fsp3) is 0.150. The molecule has 0 bridgehead atoms. The summed E-state index contributed by atoms with van der Waals surface area (Å²) in [5, 5.41) is 5.47. The van der Waals surface area contributed by atoms with Gasteiger partial charge in [-0.05, 0) is 42.5 Å². The SMILES string of the molecule is O=C(COc1ccc(Cl)cc1)N(CCn1cccn1)c1nc2ccccc2s1. The lowest BCUT2D eigenvalue weighted by Gasteiger charge is -2.20. The minimum atomic E-state index is -0.166.